The Balaban J connectivity index is 1.65. The van der Waals surface area contributed by atoms with Crippen LogP contribution in [0.1, 0.15) is 38.4 Å². The number of hydrogen-bond donors (Lipinski definition) is 1. The minimum atomic E-state index is -0.150. The molecular weight excluding hydrogens is 380 g/mol. The van der Waals surface area contributed by atoms with Crippen molar-refractivity contribution in [1.82, 2.24) is 4.98 Å². The second-order valence-corrected chi connectivity index (χ2v) is 7.72. The number of amides is 1. The lowest BCUT2D eigenvalue weighted by Crippen LogP contribution is -2.11. The summed E-state index contributed by atoms with van der Waals surface area (Å²) in [5.74, 6) is 0.578. The Bertz CT molecular complexity index is 951. The average Bonchev–Trinajstić information content (AvgIpc) is 3.04. The molecule has 4 nitrogen and oxygen atoms in total. The van der Waals surface area contributed by atoms with Gasteiger partial charge in [-0.1, -0.05) is 30.7 Å². The highest BCUT2D eigenvalue weighted by molar-refractivity contribution is 7.13. The van der Waals surface area contributed by atoms with Crippen LogP contribution in [0.2, 0.25) is 5.02 Å². The Kier molecular flexibility index (Phi) is 6.14. The molecule has 0 spiro atoms. The van der Waals surface area contributed by atoms with E-state index < -0.39 is 0 Å². The van der Waals surface area contributed by atoms with E-state index in [0.717, 1.165) is 28.4 Å². The zero-order valence-corrected chi connectivity index (χ0v) is 17.1. The Morgan fingerprint density at radius 1 is 1.19 bits per heavy atom. The molecule has 1 aromatic heterocycles. The fourth-order valence-electron chi connectivity index (χ4n) is 2.59. The molecule has 2 aromatic carbocycles. The van der Waals surface area contributed by atoms with Gasteiger partial charge in [0.15, 0.2) is 0 Å². The summed E-state index contributed by atoms with van der Waals surface area (Å²) in [5.41, 5.74) is 3.67. The predicted molar refractivity (Wildman–Crippen MR) is 111 cm³/mol. The molecule has 0 saturated carbocycles. The van der Waals surface area contributed by atoms with Crippen LogP contribution in [0.5, 0.6) is 5.75 Å². The molecule has 0 atom stereocenters. The number of nitrogens with zero attached hydrogens (tertiary/aromatic N) is 1. The number of aromatic nitrogens is 1. The van der Waals surface area contributed by atoms with Crippen molar-refractivity contribution >= 4 is 34.5 Å². The molecule has 0 unspecified atom stereocenters. The topological polar surface area (TPSA) is 51.2 Å². The fraction of sp³-hybridized carbons (Fsp3) is 0.238. The third-order valence-corrected chi connectivity index (χ3v) is 5.71. The molecule has 27 heavy (non-hydrogen) atoms. The second kappa shape index (κ2) is 8.55. The average molecular weight is 401 g/mol. The molecule has 6 heteroatoms. The van der Waals surface area contributed by atoms with Crippen LogP contribution in [-0.2, 0) is 13.0 Å². The Morgan fingerprint density at radius 2 is 1.93 bits per heavy atom. The number of anilines is 1. The number of hydrogen-bond acceptors (Lipinski definition) is 4. The molecule has 1 heterocycles. The zero-order valence-electron chi connectivity index (χ0n) is 15.5. The first kappa shape index (κ1) is 19.4. The van der Waals surface area contributed by atoms with E-state index in [9.17, 15) is 4.79 Å². The van der Waals surface area contributed by atoms with Gasteiger partial charge in [0, 0.05) is 10.7 Å². The van der Waals surface area contributed by atoms with Crippen LogP contribution in [0.25, 0.3) is 0 Å². The van der Waals surface area contributed by atoms with Crippen LogP contribution >= 0.6 is 22.9 Å². The minimum absolute atomic E-state index is 0.150. The van der Waals surface area contributed by atoms with E-state index in [-0.39, 0.29) is 5.91 Å². The van der Waals surface area contributed by atoms with Gasteiger partial charge in [-0.3, -0.25) is 4.79 Å². The maximum absolute atomic E-state index is 12.6. The largest absolute Gasteiger partial charge is 0.486 e. The third-order valence-electron chi connectivity index (χ3n) is 4.16. The molecule has 0 fully saturated rings. The number of halogens is 1. The molecule has 3 aromatic rings. The molecular formula is C21H21ClN2O2S. The molecule has 1 N–H and O–H groups in total. The lowest BCUT2D eigenvalue weighted by Gasteiger charge is -2.06. The smallest absolute Gasteiger partial charge is 0.267 e. The molecule has 3 rings (SSSR count). The van der Waals surface area contributed by atoms with Crippen LogP contribution in [-0.4, -0.2) is 10.9 Å². The minimum Gasteiger partial charge on any atom is -0.486 e. The summed E-state index contributed by atoms with van der Waals surface area (Å²) >= 11 is 7.38. The molecule has 0 aliphatic heterocycles. The van der Waals surface area contributed by atoms with Crippen molar-refractivity contribution in [3.05, 3.63) is 74.2 Å². The molecule has 0 bridgehead atoms. The van der Waals surface area contributed by atoms with Gasteiger partial charge in [-0.2, -0.15) is 0 Å². The third kappa shape index (κ3) is 4.87. The van der Waals surface area contributed by atoms with Gasteiger partial charge < -0.3 is 10.1 Å². The molecule has 0 radical (unpaired) electrons. The summed E-state index contributed by atoms with van der Waals surface area (Å²) < 4.78 is 5.78. The number of benzene rings is 2. The highest BCUT2D eigenvalue weighted by atomic mass is 35.5. The molecule has 0 aliphatic rings. The summed E-state index contributed by atoms with van der Waals surface area (Å²) in [6.07, 6.45) is 0.971. The summed E-state index contributed by atoms with van der Waals surface area (Å²) in [5, 5.41) is 4.39. The normalized spacial score (nSPS) is 10.7. The van der Waals surface area contributed by atoms with E-state index in [0.29, 0.717) is 22.2 Å². The number of nitrogens with one attached hydrogen (secondary N) is 1. The SMILES string of the molecule is CCc1ccc(NC(=O)c2sc(COc3ccc(Cl)c(C)c3)nc2C)cc1. The number of carbonyl (C=O) groups is 1. The highest BCUT2D eigenvalue weighted by Crippen LogP contribution is 2.24. The first-order chi connectivity index (χ1) is 13.0. The van der Waals surface area contributed by atoms with Gasteiger partial charge in [-0.25, -0.2) is 4.98 Å². The maximum atomic E-state index is 12.6. The fourth-order valence-corrected chi connectivity index (χ4v) is 3.58. The first-order valence-electron chi connectivity index (χ1n) is 8.71. The number of rotatable bonds is 6. The van der Waals surface area contributed by atoms with Crippen LogP contribution in [0, 0.1) is 13.8 Å². The predicted octanol–water partition coefficient (Wildman–Crippen LogP) is 5.81. The van der Waals surface area contributed by atoms with Crippen LogP contribution in [0.15, 0.2) is 42.5 Å². The summed E-state index contributed by atoms with van der Waals surface area (Å²) in [4.78, 5) is 17.6. The van der Waals surface area contributed by atoms with E-state index >= 15 is 0 Å². The van der Waals surface area contributed by atoms with E-state index in [1.54, 1.807) is 0 Å². The van der Waals surface area contributed by atoms with E-state index in [4.69, 9.17) is 16.3 Å². The van der Waals surface area contributed by atoms with Crippen molar-refractivity contribution in [2.45, 2.75) is 33.8 Å². The Morgan fingerprint density at radius 3 is 2.59 bits per heavy atom. The summed E-state index contributed by atoms with van der Waals surface area (Å²) in [6, 6.07) is 13.4. The number of thiazole rings is 1. The van der Waals surface area contributed by atoms with Crippen LogP contribution < -0.4 is 10.1 Å². The van der Waals surface area contributed by atoms with Crippen molar-refractivity contribution < 1.29 is 9.53 Å². The van der Waals surface area contributed by atoms with E-state index in [2.05, 4.69) is 17.2 Å². The van der Waals surface area contributed by atoms with Crippen molar-refractivity contribution in [2.75, 3.05) is 5.32 Å². The van der Waals surface area contributed by atoms with Gasteiger partial charge in [0.25, 0.3) is 5.91 Å². The van der Waals surface area contributed by atoms with Gasteiger partial charge in [-0.15, -0.1) is 11.3 Å². The number of ether oxygens (including phenoxy) is 1. The molecule has 0 aliphatic carbocycles. The Labute approximate surface area is 168 Å². The summed E-state index contributed by atoms with van der Waals surface area (Å²) in [6.45, 7) is 6.17. The lowest BCUT2D eigenvalue weighted by atomic mass is 10.1. The maximum Gasteiger partial charge on any atom is 0.267 e. The van der Waals surface area contributed by atoms with E-state index in [1.165, 1.54) is 16.9 Å². The molecule has 140 valence electrons. The van der Waals surface area contributed by atoms with Crippen molar-refractivity contribution in [2.24, 2.45) is 0 Å². The monoisotopic (exact) mass is 400 g/mol. The van der Waals surface area contributed by atoms with Crippen LogP contribution in [0.3, 0.4) is 0 Å². The zero-order chi connectivity index (χ0) is 19.4. The lowest BCUT2D eigenvalue weighted by molar-refractivity contribution is 0.103. The molecule has 0 saturated heterocycles. The van der Waals surface area contributed by atoms with Gasteiger partial charge in [0.05, 0.1) is 5.69 Å². The summed E-state index contributed by atoms with van der Waals surface area (Å²) in [7, 11) is 0. The number of carbonyl (C=O) groups excluding carboxylic acids is 1. The van der Waals surface area contributed by atoms with Crippen molar-refractivity contribution in [3.63, 3.8) is 0 Å². The van der Waals surface area contributed by atoms with Crippen molar-refractivity contribution in [3.8, 4) is 5.75 Å². The highest BCUT2D eigenvalue weighted by Gasteiger charge is 2.16. The van der Waals surface area contributed by atoms with Crippen molar-refractivity contribution in [1.29, 1.82) is 0 Å². The second-order valence-electron chi connectivity index (χ2n) is 6.23. The van der Waals surface area contributed by atoms with Crippen LogP contribution in [0.4, 0.5) is 5.69 Å². The standard InChI is InChI=1S/C21H21ClN2O2S/c1-4-15-5-7-16(8-6-15)24-21(25)20-14(3)23-19(27-20)12-26-17-9-10-18(22)13(2)11-17/h5-11H,4,12H2,1-3H3,(H,24,25). The first-order valence-corrected chi connectivity index (χ1v) is 9.91. The van der Waals surface area contributed by atoms with E-state index in [1.807, 2.05) is 56.3 Å². The van der Waals surface area contributed by atoms with Gasteiger partial charge in [0.2, 0.25) is 0 Å². The van der Waals surface area contributed by atoms with Gasteiger partial charge in [-0.05, 0) is 61.7 Å². The quantitative estimate of drug-likeness (QED) is 0.568. The Hall–Kier alpha value is -2.37. The van der Waals surface area contributed by atoms with Gasteiger partial charge in [0.1, 0.15) is 22.2 Å². The van der Waals surface area contributed by atoms with Gasteiger partial charge >= 0.3 is 0 Å². The molecule has 1 amide bonds. The number of aryl methyl sites for hydroxylation is 3.